The Morgan fingerprint density at radius 1 is 1.50 bits per heavy atom. The van der Waals surface area contributed by atoms with E-state index in [4.69, 9.17) is 9.47 Å². The number of morpholine rings is 1. The van der Waals surface area contributed by atoms with Crippen molar-refractivity contribution in [1.29, 1.82) is 0 Å². The summed E-state index contributed by atoms with van der Waals surface area (Å²) in [6.45, 7) is 5.66. The van der Waals surface area contributed by atoms with E-state index in [1.54, 1.807) is 0 Å². The van der Waals surface area contributed by atoms with E-state index in [-0.39, 0.29) is 24.2 Å². The van der Waals surface area contributed by atoms with Crippen LogP contribution in [0.15, 0.2) is 30.3 Å². The third-order valence-corrected chi connectivity index (χ3v) is 3.24. The van der Waals surface area contributed by atoms with Gasteiger partial charge < -0.3 is 20.1 Å². The van der Waals surface area contributed by atoms with E-state index in [1.807, 2.05) is 44.2 Å². The normalized spacial score (nSPS) is 23.9. The van der Waals surface area contributed by atoms with Crippen LogP contribution in [0.5, 0.6) is 5.75 Å². The first kappa shape index (κ1) is 14.8. The molecule has 0 radical (unpaired) electrons. The lowest BCUT2D eigenvalue weighted by Gasteiger charge is -2.29. The Kier molecular flexibility index (Phi) is 5.38. The van der Waals surface area contributed by atoms with Gasteiger partial charge >= 0.3 is 0 Å². The number of ether oxygens (including phenoxy) is 2. The number of hydrogen-bond acceptors (Lipinski definition) is 4. The summed E-state index contributed by atoms with van der Waals surface area (Å²) in [5, 5.41) is 6.06. The Morgan fingerprint density at radius 2 is 2.25 bits per heavy atom. The number of benzene rings is 1. The fourth-order valence-electron chi connectivity index (χ4n) is 2.15. The van der Waals surface area contributed by atoms with Crippen molar-refractivity contribution < 1.29 is 14.3 Å². The molecule has 1 fully saturated rings. The number of nitrogens with one attached hydrogen (secondary N) is 2. The van der Waals surface area contributed by atoms with Crippen LogP contribution in [0.4, 0.5) is 0 Å². The van der Waals surface area contributed by atoms with Crippen LogP contribution in [0.1, 0.15) is 13.8 Å². The lowest BCUT2D eigenvalue weighted by Crippen LogP contribution is -2.56. The highest BCUT2D eigenvalue weighted by Gasteiger charge is 2.28. The van der Waals surface area contributed by atoms with Gasteiger partial charge in [-0.2, -0.15) is 0 Å². The summed E-state index contributed by atoms with van der Waals surface area (Å²) < 4.78 is 11.2. The number of para-hydroxylation sites is 1. The maximum Gasteiger partial charge on any atom is 0.239 e. The molecule has 3 atom stereocenters. The van der Waals surface area contributed by atoms with Gasteiger partial charge in [0.15, 0.2) is 0 Å². The predicted molar refractivity (Wildman–Crippen MR) is 76.7 cm³/mol. The monoisotopic (exact) mass is 278 g/mol. The summed E-state index contributed by atoms with van der Waals surface area (Å²) in [4.78, 5) is 12.1. The highest BCUT2D eigenvalue weighted by molar-refractivity contribution is 5.82. The van der Waals surface area contributed by atoms with Gasteiger partial charge in [-0.1, -0.05) is 18.2 Å². The van der Waals surface area contributed by atoms with Gasteiger partial charge in [-0.15, -0.1) is 0 Å². The van der Waals surface area contributed by atoms with Crippen LogP contribution in [-0.4, -0.2) is 43.9 Å². The predicted octanol–water partition coefficient (Wildman–Crippen LogP) is 0.947. The van der Waals surface area contributed by atoms with Crippen LogP contribution in [0, 0.1) is 0 Å². The van der Waals surface area contributed by atoms with Crippen molar-refractivity contribution in [1.82, 2.24) is 10.6 Å². The number of rotatable bonds is 5. The minimum Gasteiger partial charge on any atom is -0.489 e. The van der Waals surface area contributed by atoms with Crippen LogP contribution >= 0.6 is 0 Å². The lowest BCUT2D eigenvalue weighted by atomic mass is 10.1. The average molecular weight is 278 g/mol. The zero-order chi connectivity index (χ0) is 14.4. The number of carbonyl (C=O) groups excluding carboxylic acids is 1. The van der Waals surface area contributed by atoms with Crippen LogP contribution in [0.2, 0.25) is 0 Å². The molecular weight excluding hydrogens is 256 g/mol. The molecule has 1 unspecified atom stereocenters. The second-order valence-electron chi connectivity index (χ2n) is 4.99. The maximum atomic E-state index is 12.1. The smallest absolute Gasteiger partial charge is 0.239 e. The largest absolute Gasteiger partial charge is 0.489 e. The van der Waals surface area contributed by atoms with Crippen LogP contribution < -0.4 is 15.4 Å². The lowest BCUT2D eigenvalue weighted by molar-refractivity contribution is -0.129. The first-order valence-corrected chi connectivity index (χ1v) is 7.01. The van der Waals surface area contributed by atoms with Crippen LogP contribution in [-0.2, 0) is 9.53 Å². The molecule has 5 heteroatoms. The van der Waals surface area contributed by atoms with Crippen LogP contribution in [0.3, 0.4) is 0 Å². The first-order chi connectivity index (χ1) is 9.66. The Morgan fingerprint density at radius 3 is 2.95 bits per heavy atom. The third kappa shape index (κ3) is 4.21. The van der Waals surface area contributed by atoms with Gasteiger partial charge in [-0.05, 0) is 26.0 Å². The van der Waals surface area contributed by atoms with Gasteiger partial charge in [0, 0.05) is 6.54 Å². The molecule has 0 spiro atoms. The molecule has 0 saturated carbocycles. The molecule has 1 heterocycles. The van der Waals surface area contributed by atoms with Crippen molar-refractivity contribution in [2.75, 3.05) is 19.7 Å². The minimum atomic E-state index is -0.285. The zero-order valence-corrected chi connectivity index (χ0v) is 12.0. The molecule has 1 amide bonds. The summed E-state index contributed by atoms with van der Waals surface area (Å²) in [6, 6.07) is 9.30. The molecule has 2 N–H and O–H groups in total. The topological polar surface area (TPSA) is 59.6 Å². The molecule has 110 valence electrons. The second kappa shape index (κ2) is 7.26. The molecule has 2 rings (SSSR count). The first-order valence-electron chi connectivity index (χ1n) is 7.01. The number of carbonyl (C=O) groups is 1. The van der Waals surface area contributed by atoms with Gasteiger partial charge in [-0.25, -0.2) is 0 Å². The summed E-state index contributed by atoms with van der Waals surface area (Å²) in [5.74, 6) is 0.766. The molecule has 1 aromatic rings. The summed E-state index contributed by atoms with van der Waals surface area (Å²) in [7, 11) is 0. The molecule has 1 aliphatic heterocycles. The van der Waals surface area contributed by atoms with E-state index in [1.165, 1.54) is 0 Å². The number of hydrogen-bond donors (Lipinski definition) is 2. The van der Waals surface area contributed by atoms with Gasteiger partial charge in [0.05, 0.1) is 19.3 Å². The van der Waals surface area contributed by atoms with E-state index in [0.717, 1.165) is 5.75 Å². The average Bonchev–Trinajstić information content (AvgIpc) is 2.46. The molecule has 1 aliphatic rings. The van der Waals surface area contributed by atoms with Gasteiger partial charge in [0.1, 0.15) is 17.9 Å². The quantitative estimate of drug-likeness (QED) is 0.842. The van der Waals surface area contributed by atoms with E-state index >= 15 is 0 Å². The SMILES string of the molecule is CC(CNC(=O)[C@H]1NCCO[C@@H]1C)Oc1ccccc1. The molecule has 0 bridgehead atoms. The minimum absolute atomic E-state index is 0.0410. The standard InChI is InChI=1S/C15H22N2O3/c1-11(20-13-6-4-3-5-7-13)10-17-15(18)14-12(2)19-9-8-16-14/h3-7,11-12,14,16H,8-10H2,1-2H3,(H,17,18)/t11?,12-,14+/m1/s1. The molecule has 1 aromatic carbocycles. The van der Waals surface area contributed by atoms with Crippen LogP contribution in [0.25, 0.3) is 0 Å². The molecule has 20 heavy (non-hydrogen) atoms. The Balaban J connectivity index is 1.75. The second-order valence-corrected chi connectivity index (χ2v) is 4.99. The van der Waals surface area contributed by atoms with E-state index < -0.39 is 0 Å². The van der Waals surface area contributed by atoms with E-state index in [2.05, 4.69) is 10.6 Å². The van der Waals surface area contributed by atoms with Crippen molar-refractivity contribution >= 4 is 5.91 Å². The highest BCUT2D eigenvalue weighted by atomic mass is 16.5. The fourth-order valence-corrected chi connectivity index (χ4v) is 2.15. The zero-order valence-electron chi connectivity index (χ0n) is 12.0. The van der Waals surface area contributed by atoms with Crippen molar-refractivity contribution in [3.8, 4) is 5.75 Å². The third-order valence-electron chi connectivity index (χ3n) is 3.24. The van der Waals surface area contributed by atoms with Crippen molar-refractivity contribution in [3.05, 3.63) is 30.3 Å². The van der Waals surface area contributed by atoms with Crippen molar-refractivity contribution in [3.63, 3.8) is 0 Å². The van der Waals surface area contributed by atoms with Gasteiger partial charge in [-0.3, -0.25) is 4.79 Å². The Bertz CT molecular complexity index is 424. The number of amides is 1. The summed E-state index contributed by atoms with van der Waals surface area (Å²) in [5.41, 5.74) is 0. The summed E-state index contributed by atoms with van der Waals surface area (Å²) in [6.07, 6.45) is -0.185. The Labute approximate surface area is 119 Å². The molecule has 0 aliphatic carbocycles. The van der Waals surface area contributed by atoms with E-state index in [9.17, 15) is 4.79 Å². The molecular formula is C15H22N2O3. The van der Waals surface area contributed by atoms with Gasteiger partial charge in [0.25, 0.3) is 0 Å². The highest BCUT2D eigenvalue weighted by Crippen LogP contribution is 2.10. The van der Waals surface area contributed by atoms with E-state index in [0.29, 0.717) is 19.7 Å². The van der Waals surface area contributed by atoms with Crippen molar-refractivity contribution in [2.24, 2.45) is 0 Å². The molecule has 0 aromatic heterocycles. The molecule has 1 saturated heterocycles. The Hall–Kier alpha value is -1.59. The maximum absolute atomic E-state index is 12.1. The molecule has 5 nitrogen and oxygen atoms in total. The van der Waals surface area contributed by atoms with Crippen molar-refractivity contribution in [2.45, 2.75) is 32.1 Å². The van der Waals surface area contributed by atoms with Gasteiger partial charge in [0.2, 0.25) is 5.91 Å². The fraction of sp³-hybridized carbons (Fsp3) is 0.533. The summed E-state index contributed by atoms with van der Waals surface area (Å²) >= 11 is 0.